The summed E-state index contributed by atoms with van der Waals surface area (Å²) in [5, 5.41) is 22.4. The average molecular weight is 506 g/mol. The van der Waals surface area contributed by atoms with Gasteiger partial charge in [0.1, 0.15) is 23.0 Å². The zero-order chi connectivity index (χ0) is 26.2. The Bertz CT molecular complexity index is 1340. The number of fused-ring (bicyclic) bond motifs is 1. The highest BCUT2D eigenvalue weighted by Crippen LogP contribution is 2.48. The Morgan fingerprint density at radius 3 is 2.70 bits per heavy atom. The molecule has 0 bridgehead atoms. The number of aliphatic hydroxyl groups is 1. The van der Waals surface area contributed by atoms with Crippen LogP contribution in [-0.4, -0.2) is 45.7 Å². The van der Waals surface area contributed by atoms with Crippen LogP contribution in [0.2, 0.25) is 0 Å². The van der Waals surface area contributed by atoms with Crippen LogP contribution < -0.4 is 21.3 Å². The number of nitrogens with zero attached hydrogens (tertiary/aromatic N) is 3. The highest BCUT2D eigenvalue weighted by atomic mass is 19.1. The van der Waals surface area contributed by atoms with Crippen molar-refractivity contribution in [3.63, 3.8) is 0 Å². The van der Waals surface area contributed by atoms with Gasteiger partial charge < -0.3 is 26.4 Å². The van der Waals surface area contributed by atoms with Crippen molar-refractivity contribution in [3.05, 3.63) is 64.7 Å². The van der Waals surface area contributed by atoms with Gasteiger partial charge in [-0.05, 0) is 82.0 Å². The number of halogens is 1. The second-order valence-corrected chi connectivity index (χ2v) is 10.2. The molecule has 0 atom stereocenters. The van der Waals surface area contributed by atoms with Crippen LogP contribution >= 0.6 is 0 Å². The lowest BCUT2D eigenvalue weighted by molar-refractivity contribution is 0.0956. The van der Waals surface area contributed by atoms with E-state index in [0.29, 0.717) is 31.2 Å². The maximum Gasteiger partial charge on any atom is 0.256 e. The molecule has 3 aromatic rings. The van der Waals surface area contributed by atoms with Crippen LogP contribution in [-0.2, 0) is 17.4 Å². The van der Waals surface area contributed by atoms with Gasteiger partial charge in [0, 0.05) is 29.4 Å². The number of carbonyl (C=O) groups excluding carboxylic acids is 1. The summed E-state index contributed by atoms with van der Waals surface area (Å²) in [6.45, 7) is 7.34. The monoisotopic (exact) mass is 505 g/mol. The van der Waals surface area contributed by atoms with Gasteiger partial charge in [0.2, 0.25) is 5.95 Å². The van der Waals surface area contributed by atoms with E-state index in [4.69, 9.17) is 0 Å². The Balaban J connectivity index is 1.45. The fourth-order valence-electron chi connectivity index (χ4n) is 4.81. The fraction of sp³-hybridized carbons (Fsp3) is 0.407. The van der Waals surface area contributed by atoms with Crippen molar-refractivity contribution in [3.8, 4) is 0 Å². The summed E-state index contributed by atoms with van der Waals surface area (Å²) < 4.78 is 14.5. The number of benzene rings is 1. The number of rotatable bonds is 8. The van der Waals surface area contributed by atoms with Gasteiger partial charge in [-0.25, -0.2) is 14.4 Å². The van der Waals surface area contributed by atoms with Crippen molar-refractivity contribution in [2.24, 2.45) is 0 Å². The van der Waals surface area contributed by atoms with Crippen molar-refractivity contribution < 1.29 is 14.3 Å². The minimum Gasteiger partial charge on any atom is -0.395 e. The van der Waals surface area contributed by atoms with Crippen LogP contribution in [0, 0.1) is 5.82 Å². The summed E-state index contributed by atoms with van der Waals surface area (Å²) in [7, 11) is 0. The summed E-state index contributed by atoms with van der Waals surface area (Å²) in [6, 6.07) is 8.99. The third kappa shape index (κ3) is 4.99. The Morgan fingerprint density at radius 2 is 1.97 bits per heavy atom. The number of pyridine rings is 1. The maximum atomic E-state index is 14.5. The van der Waals surface area contributed by atoms with Crippen molar-refractivity contribution in [1.29, 1.82) is 0 Å². The molecule has 2 aromatic heterocycles. The number of carbonyl (C=O) groups is 1. The molecule has 0 saturated heterocycles. The van der Waals surface area contributed by atoms with Crippen molar-refractivity contribution in [1.82, 2.24) is 25.6 Å². The Kier molecular flexibility index (Phi) is 6.55. The predicted molar refractivity (Wildman–Crippen MR) is 140 cm³/mol. The van der Waals surface area contributed by atoms with Gasteiger partial charge in [-0.2, -0.15) is 4.98 Å². The molecule has 1 saturated carbocycles. The third-order valence-electron chi connectivity index (χ3n) is 7.12. The molecule has 10 heteroatoms. The number of amides is 1. The van der Waals surface area contributed by atoms with Gasteiger partial charge in [-0.15, -0.1) is 0 Å². The molecule has 0 radical (unpaired) electrons. The minimum absolute atomic E-state index is 0.0932. The largest absolute Gasteiger partial charge is 0.395 e. The summed E-state index contributed by atoms with van der Waals surface area (Å²) in [4.78, 5) is 26.1. The first-order valence-electron chi connectivity index (χ1n) is 12.6. The molecule has 1 aliphatic heterocycles. The second kappa shape index (κ2) is 9.68. The lowest BCUT2D eigenvalue weighted by Gasteiger charge is -2.34. The molecule has 0 spiro atoms. The van der Waals surface area contributed by atoms with Crippen molar-refractivity contribution in [2.75, 3.05) is 30.3 Å². The highest BCUT2D eigenvalue weighted by molar-refractivity contribution is 5.99. The number of hydrogen-bond donors (Lipinski definition) is 5. The third-order valence-corrected chi connectivity index (χ3v) is 7.12. The Labute approximate surface area is 215 Å². The van der Waals surface area contributed by atoms with Crippen LogP contribution in [0.1, 0.15) is 60.8 Å². The molecule has 2 aliphatic rings. The lowest BCUT2D eigenvalue weighted by Crippen LogP contribution is -2.42. The Morgan fingerprint density at radius 1 is 1.16 bits per heavy atom. The van der Waals surface area contributed by atoms with Crippen molar-refractivity contribution >= 4 is 29.2 Å². The number of aliphatic hydroxyl groups excluding tert-OH is 1. The van der Waals surface area contributed by atoms with Crippen LogP contribution in [0.5, 0.6) is 0 Å². The van der Waals surface area contributed by atoms with E-state index in [1.54, 1.807) is 0 Å². The molecule has 3 heterocycles. The van der Waals surface area contributed by atoms with Crippen LogP contribution in [0.15, 0.2) is 36.5 Å². The minimum atomic E-state index is -0.640. The van der Waals surface area contributed by atoms with Gasteiger partial charge >= 0.3 is 0 Å². The van der Waals surface area contributed by atoms with Gasteiger partial charge in [0.25, 0.3) is 5.91 Å². The zero-order valence-electron chi connectivity index (χ0n) is 21.3. The molecule has 1 fully saturated rings. The molecule has 194 valence electrons. The quantitative estimate of drug-likeness (QED) is 0.314. The molecule has 5 N–H and O–H groups in total. The summed E-state index contributed by atoms with van der Waals surface area (Å²) in [5.74, 6) is 0.0776. The number of aromatic nitrogens is 3. The SMILES string of the molecule is CCNC(=O)c1cnc(Nc2ccc3c(c2)CCNC3(C)C)nc1Nc1ccc(F)c(C2(CO)CC2)n1. The molecular formula is C27H32FN7O2. The lowest BCUT2D eigenvalue weighted by atomic mass is 9.85. The van der Waals surface area contributed by atoms with E-state index in [1.165, 1.54) is 29.5 Å². The van der Waals surface area contributed by atoms with E-state index < -0.39 is 11.2 Å². The Hall–Kier alpha value is -3.63. The van der Waals surface area contributed by atoms with E-state index in [2.05, 4.69) is 62.2 Å². The normalized spacial score (nSPS) is 17.0. The van der Waals surface area contributed by atoms with Crippen LogP contribution in [0.3, 0.4) is 0 Å². The predicted octanol–water partition coefficient (Wildman–Crippen LogP) is 3.65. The van der Waals surface area contributed by atoms with Gasteiger partial charge in [0.15, 0.2) is 0 Å². The first kappa shape index (κ1) is 25.0. The molecule has 9 nitrogen and oxygen atoms in total. The highest BCUT2D eigenvalue weighted by Gasteiger charge is 2.47. The van der Waals surface area contributed by atoms with Gasteiger partial charge in [0.05, 0.1) is 12.3 Å². The number of nitrogens with one attached hydrogen (secondary N) is 4. The zero-order valence-corrected chi connectivity index (χ0v) is 21.3. The maximum absolute atomic E-state index is 14.5. The first-order valence-corrected chi connectivity index (χ1v) is 12.6. The average Bonchev–Trinajstić information content (AvgIpc) is 3.66. The van der Waals surface area contributed by atoms with Gasteiger partial charge in [-0.3, -0.25) is 4.79 Å². The second-order valence-electron chi connectivity index (χ2n) is 10.2. The molecule has 37 heavy (non-hydrogen) atoms. The summed E-state index contributed by atoms with van der Waals surface area (Å²) in [5.41, 5.74) is 3.08. The molecule has 1 aliphatic carbocycles. The summed E-state index contributed by atoms with van der Waals surface area (Å²) >= 11 is 0. The molecule has 1 aromatic carbocycles. The smallest absolute Gasteiger partial charge is 0.256 e. The van der Waals surface area contributed by atoms with Gasteiger partial charge in [-0.1, -0.05) is 6.07 Å². The molecule has 5 rings (SSSR count). The van der Waals surface area contributed by atoms with E-state index in [1.807, 2.05) is 13.0 Å². The van der Waals surface area contributed by atoms with Crippen LogP contribution in [0.25, 0.3) is 0 Å². The van der Waals surface area contributed by atoms with E-state index in [9.17, 15) is 14.3 Å². The summed E-state index contributed by atoms with van der Waals surface area (Å²) in [6.07, 6.45) is 3.73. The fourth-order valence-corrected chi connectivity index (χ4v) is 4.81. The van der Waals surface area contributed by atoms with E-state index >= 15 is 0 Å². The van der Waals surface area contributed by atoms with E-state index in [-0.39, 0.29) is 35.1 Å². The first-order chi connectivity index (χ1) is 17.7. The number of hydrogen-bond acceptors (Lipinski definition) is 8. The topological polar surface area (TPSA) is 124 Å². The number of anilines is 4. The molecular weight excluding hydrogens is 473 g/mol. The molecule has 1 amide bonds. The van der Waals surface area contributed by atoms with Crippen molar-refractivity contribution in [2.45, 2.75) is 51.0 Å². The molecule has 0 unspecified atom stereocenters. The van der Waals surface area contributed by atoms with E-state index in [0.717, 1.165) is 18.7 Å². The standard InChI is InChI=1S/C27H32FN7O2/c1-4-29-24(37)18-14-30-25(32-17-5-6-19-16(13-17)9-12-31-26(19,2)3)35-23(18)34-21-8-7-20(28)22(33-21)27(15-36)10-11-27/h5-8,13-14,31,36H,4,9-12,15H2,1-3H3,(H,29,37)(H2,30,32,33,34,35). The van der Waals surface area contributed by atoms with Crippen LogP contribution in [0.4, 0.5) is 27.7 Å².